The summed E-state index contributed by atoms with van der Waals surface area (Å²) in [6.07, 6.45) is 4.68. The number of nitrogens with zero attached hydrogens (tertiary/aromatic N) is 3. The zero-order valence-electron chi connectivity index (χ0n) is 17.0. The van der Waals surface area contributed by atoms with Crippen LogP contribution in [0.1, 0.15) is 37.2 Å². The van der Waals surface area contributed by atoms with Gasteiger partial charge in [-0.3, -0.25) is 0 Å². The highest BCUT2D eigenvalue weighted by atomic mass is 15.2. The Labute approximate surface area is 166 Å². The van der Waals surface area contributed by atoms with E-state index in [2.05, 4.69) is 55.9 Å². The van der Waals surface area contributed by atoms with E-state index < -0.39 is 0 Å². The Bertz CT molecular complexity index is 891. The Balaban J connectivity index is 1.27. The van der Waals surface area contributed by atoms with Gasteiger partial charge >= 0.3 is 0 Å². The first kappa shape index (κ1) is 18.7. The minimum atomic E-state index is 0.482. The molecule has 1 aromatic carbocycles. The van der Waals surface area contributed by atoms with Gasteiger partial charge in [0.25, 0.3) is 0 Å². The quantitative estimate of drug-likeness (QED) is 0.608. The molecule has 0 spiro atoms. The van der Waals surface area contributed by atoms with Crippen molar-refractivity contribution in [3.8, 4) is 0 Å². The average molecular weight is 379 g/mol. The number of anilines is 2. The van der Waals surface area contributed by atoms with Crippen molar-refractivity contribution in [2.45, 2.75) is 51.2 Å². The molecule has 1 fully saturated rings. The van der Waals surface area contributed by atoms with Crippen LogP contribution in [0.3, 0.4) is 0 Å². The van der Waals surface area contributed by atoms with Gasteiger partial charge in [-0.1, -0.05) is 18.2 Å². The molecule has 1 aliphatic rings. The van der Waals surface area contributed by atoms with Crippen LogP contribution in [0.5, 0.6) is 0 Å². The number of nitrogens with one attached hydrogen (secondary N) is 3. The molecule has 0 aliphatic heterocycles. The zero-order valence-corrected chi connectivity index (χ0v) is 17.0. The maximum absolute atomic E-state index is 4.56. The smallest absolute Gasteiger partial charge is 0.133 e. The van der Waals surface area contributed by atoms with Gasteiger partial charge in [-0.15, -0.1) is 0 Å². The highest BCUT2D eigenvalue weighted by Gasteiger charge is 2.21. The van der Waals surface area contributed by atoms with Crippen molar-refractivity contribution in [3.63, 3.8) is 0 Å². The maximum atomic E-state index is 4.56. The molecular formula is C22H30N6. The van der Waals surface area contributed by atoms with E-state index in [0.717, 1.165) is 36.8 Å². The first-order chi connectivity index (χ1) is 13.6. The van der Waals surface area contributed by atoms with Gasteiger partial charge < -0.3 is 20.5 Å². The van der Waals surface area contributed by atoms with Crippen LogP contribution in [0.15, 0.2) is 36.4 Å². The van der Waals surface area contributed by atoms with Crippen LogP contribution in [0.4, 0.5) is 11.6 Å². The summed E-state index contributed by atoms with van der Waals surface area (Å²) in [7, 11) is 4.02. The molecule has 3 N–H and O–H groups in total. The number of hydrogen-bond acceptors (Lipinski definition) is 5. The van der Waals surface area contributed by atoms with Gasteiger partial charge in [0, 0.05) is 50.0 Å². The predicted octanol–water partition coefficient (Wildman–Crippen LogP) is 3.85. The van der Waals surface area contributed by atoms with Gasteiger partial charge in [-0.2, -0.15) is 0 Å². The number of para-hydroxylation sites is 1. The number of aromatic nitrogens is 3. The normalized spacial score (nSPS) is 19.7. The molecule has 0 bridgehead atoms. The van der Waals surface area contributed by atoms with Crippen molar-refractivity contribution in [1.82, 2.24) is 20.3 Å². The summed E-state index contributed by atoms with van der Waals surface area (Å²) in [5.74, 6) is 2.69. The Morgan fingerprint density at radius 2 is 1.79 bits per heavy atom. The molecule has 0 atom stereocenters. The standard InChI is InChI=1S/C22H30N6/c1-15-24-21(13-22(25-15)28(2)3)27-18-10-8-17(9-11-18)23-14-19-12-16-6-4-5-7-20(16)26-19/h4-7,12-13,17-18,23,26H,8-11,14H2,1-3H3,(H,24,25,27). The van der Waals surface area contributed by atoms with E-state index in [1.807, 2.05) is 32.0 Å². The molecule has 0 amide bonds. The number of rotatable bonds is 6. The Morgan fingerprint density at radius 3 is 2.54 bits per heavy atom. The molecule has 1 aliphatic carbocycles. The van der Waals surface area contributed by atoms with E-state index in [1.54, 1.807) is 0 Å². The molecule has 28 heavy (non-hydrogen) atoms. The van der Waals surface area contributed by atoms with E-state index in [-0.39, 0.29) is 0 Å². The lowest BCUT2D eigenvalue weighted by atomic mass is 9.91. The average Bonchev–Trinajstić information content (AvgIpc) is 3.10. The van der Waals surface area contributed by atoms with Crippen LogP contribution in [0.25, 0.3) is 10.9 Å². The second kappa shape index (κ2) is 8.19. The first-order valence-electron chi connectivity index (χ1n) is 10.2. The third-order valence-corrected chi connectivity index (χ3v) is 5.53. The Hall–Kier alpha value is -2.60. The third kappa shape index (κ3) is 4.44. The van der Waals surface area contributed by atoms with Crippen LogP contribution in [0, 0.1) is 6.92 Å². The SMILES string of the molecule is Cc1nc(NC2CCC(NCc3cc4ccccc4[nH]3)CC2)cc(N(C)C)n1. The van der Waals surface area contributed by atoms with Crippen LogP contribution in [0.2, 0.25) is 0 Å². The Morgan fingerprint density at radius 1 is 1.04 bits per heavy atom. The number of hydrogen-bond donors (Lipinski definition) is 3. The molecule has 2 heterocycles. The van der Waals surface area contributed by atoms with Gasteiger partial charge in [-0.05, 0) is 50.1 Å². The molecule has 0 saturated heterocycles. The summed E-state index contributed by atoms with van der Waals surface area (Å²) >= 11 is 0. The van der Waals surface area contributed by atoms with Crippen LogP contribution in [-0.2, 0) is 6.54 Å². The lowest BCUT2D eigenvalue weighted by molar-refractivity contribution is 0.351. The molecule has 148 valence electrons. The largest absolute Gasteiger partial charge is 0.367 e. The summed E-state index contributed by atoms with van der Waals surface area (Å²) in [4.78, 5) is 14.5. The van der Waals surface area contributed by atoms with Crippen molar-refractivity contribution in [1.29, 1.82) is 0 Å². The number of fused-ring (bicyclic) bond motifs is 1. The summed E-state index contributed by atoms with van der Waals surface area (Å²) in [6, 6.07) is 13.8. The van der Waals surface area contributed by atoms with Crippen molar-refractivity contribution >= 4 is 22.5 Å². The van der Waals surface area contributed by atoms with Gasteiger partial charge in [0.05, 0.1) is 0 Å². The third-order valence-electron chi connectivity index (χ3n) is 5.53. The minimum absolute atomic E-state index is 0.482. The second-order valence-electron chi connectivity index (χ2n) is 8.01. The Kier molecular flexibility index (Phi) is 5.48. The van der Waals surface area contributed by atoms with Gasteiger partial charge in [-0.25, -0.2) is 9.97 Å². The number of benzene rings is 1. The first-order valence-corrected chi connectivity index (χ1v) is 10.2. The van der Waals surface area contributed by atoms with Gasteiger partial charge in [0.2, 0.25) is 0 Å². The van der Waals surface area contributed by atoms with Gasteiger partial charge in [0.15, 0.2) is 0 Å². The molecule has 3 aromatic rings. The number of H-pyrrole nitrogens is 1. The summed E-state index contributed by atoms with van der Waals surface area (Å²) in [5, 5.41) is 8.62. The minimum Gasteiger partial charge on any atom is -0.367 e. The lowest BCUT2D eigenvalue weighted by Crippen LogP contribution is -2.36. The molecule has 2 aromatic heterocycles. The lowest BCUT2D eigenvalue weighted by Gasteiger charge is -2.30. The van der Waals surface area contributed by atoms with Crippen LogP contribution < -0.4 is 15.5 Å². The maximum Gasteiger partial charge on any atom is 0.133 e. The molecular weight excluding hydrogens is 348 g/mol. The summed E-state index contributed by atoms with van der Waals surface area (Å²) in [5.41, 5.74) is 2.47. The van der Waals surface area contributed by atoms with Crippen molar-refractivity contribution in [3.05, 3.63) is 47.9 Å². The molecule has 6 heteroatoms. The molecule has 4 rings (SSSR count). The highest BCUT2D eigenvalue weighted by Crippen LogP contribution is 2.23. The fourth-order valence-corrected chi connectivity index (χ4v) is 3.99. The molecule has 0 unspecified atom stereocenters. The molecule has 1 saturated carbocycles. The van der Waals surface area contributed by atoms with E-state index in [1.165, 1.54) is 29.4 Å². The van der Waals surface area contributed by atoms with Gasteiger partial charge in [0.1, 0.15) is 17.5 Å². The van der Waals surface area contributed by atoms with Crippen molar-refractivity contribution in [2.24, 2.45) is 0 Å². The van der Waals surface area contributed by atoms with Crippen LogP contribution >= 0.6 is 0 Å². The van der Waals surface area contributed by atoms with Crippen LogP contribution in [-0.4, -0.2) is 41.1 Å². The molecule has 6 nitrogen and oxygen atoms in total. The second-order valence-corrected chi connectivity index (χ2v) is 8.01. The summed E-state index contributed by atoms with van der Waals surface area (Å²) < 4.78 is 0. The van der Waals surface area contributed by atoms with E-state index >= 15 is 0 Å². The highest BCUT2D eigenvalue weighted by molar-refractivity contribution is 5.80. The number of aromatic amines is 1. The van der Waals surface area contributed by atoms with E-state index in [4.69, 9.17) is 0 Å². The van der Waals surface area contributed by atoms with Crippen molar-refractivity contribution < 1.29 is 0 Å². The monoisotopic (exact) mass is 378 g/mol. The predicted molar refractivity (Wildman–Crippen MR) is 116 cm³/mol. The van der Waals surface area contributed by atoms with E-state index in [0.29, 0.717) is 12.1 Å². The molecule has 0 radical (unpaired) electrons. The fraction of sp³-hybridized carbons (Fsp3) is 0.455. The number of aryl methyl sites for hydroxylation is 1. The topological polar surface area (TPSA) is 68.9 Å². The van der Waals surface area contributed by atoms with Crippen molar-refractivity contribution in [2.75, 3.05) is 24.3 Å². The van der Waals surface area contributed by atoms with E-state index in [9.17, 15) is 0 Å². The zero-order chi connectivity index (χ0) is 19.5. The summed E-state index contributed by atoms with van der Waals surface area (Å²) in [6.45, 7) is 2.85. The fourth-order valence-electron chi connectivity index (χ4n) is 3.99.